The van der Waals surface area contributed by atoms with Crippen molar-refractivity contribution < 1.29 is 4.74 Å². The smallest absolute Gasteiger partial charge is 0.298 e. The maximum atomic E-state index is 5.64. The van der Waals surface area contributed by atoms with Crippen molar-refractivity contribution in [2.45, 2.75) is 13.5 Å². The Morgan fingerprint density at radius 2 is 2.05 bits per heavy atom. The Hall–Kier alpha value is -2.69. The molecule has 2 aromatic heterocycles. The van der Waals surface area contributed by atoms with Gasteiger partial charge in [-0.1, -0.05) is 36.9 Å². The summed E-state index contributed by atoms with van der Waals surface area (Å²) in [7, 11) is 0. The molecule has 0 aliphatic carbocycles. The summed E-state index contributed by atoms with van der Waals surface area (Å²) >= 11 is 0. The molecule has 0 N–H and O–H groups in total. The van der Waals surface area contributed by atoms with Crippen LogP contribution in [0.5, 0.6) is 6.01 Å². The van der Waals surface area contributed by atoms with E-state index in [-0.39, 0.29) is 0 Å². The minimum Gasteiger partial charge on any atom is -0.465 e. The molecule has 0 bridgehead atoms. The van der Waals surface area contributed by atoms with Gasteiger partial charge in [0.15, 0.2) is 5.65 Å². The van der Waals surface area contributed by atoms with Gasteiger partial charge in [0, 0.05) is 0 Å². The maximum Gasteiger partial charge on any atom is 0.298 e. The number of hydrogen-bond donors (Lipinski definition) is 0. The van der Waals surface area contributed by atoms with Crippen molar-refractivity contribution in [1.29, 1.82) is 0 Å². The molecule has 0 fully saturated rings. The molecule has 0 radical (unpaired) electrons. The van der Waals surface area contributed by atoms with Crippen LogP contribution in [0.3, 0.4) is 0 Å². The van der Waals surface area contributed by atoms with Crippen molar-refractivity contribution in [1.82, 2.24) is 19.5 Å². The predicted molar refractivity (Wildman–Crippen MR) is 82.1 cm³/mol. The second-order valence-corrected chi connectivity index (χ2v) is 4.53. The highest BCUT2D eigenvalue weighted by Gasteiger charge is 2.15. The normalized spacial score (nSPS) is 10.7. The summed E-state index contributed by atoms with van der Waals surface area (Å²) in [5.41, 5.74) is 3.35. The zero-order valence-corrected chi connectivity index (χ0v) is 11.9. The topological polar surface area (TPSA) is 52.8 Å². The summed E-state index contributed by atoms with van der Waals surface area (Å²) in [6.45, 7) is 6.91. The third-order valence-corrected chi connectivity index (χ3v) is 3.18. The van der Waals surface area contributed by atoms with Gasteiger partial charge < -0.3 is 4.74 Å². The zero-order valence-electron chi connectivity index (χ0n) is 11.9. The molecule has 0 amide bonds. The first-order valence-electron chi connectivity index (χ1n) is 6.84. The van der Waals surface area contributed by atoms with Gasteiger partial charge in [0.05, 0.1) is 18.8 Å². The van der Waals surface area contributed by atoms with E-state index < -0.39 is 0 Å². The molecule has 0 saturated carbocycles. The number of aromatic nitrogens is 4. The molecule has 0 aliphatic rings. The lowest BCUT2D eigenvalue weighted by atomic mass is 10.2. The van der Waals surface area contributed by atoms with Gasteiger partial charge in [0.25, 0.3) is 6.01 Å². The first-order valence-corrected chi connectivity index (χ1v) is 6.84. The molecule has 0 aliphatic heterocycles. The Labute approximate surface area is 122 Å². The molecule has 21 heavy (non-hydrogen) atoms. The molecule has 0 atom stereocenters. The van der Waals surface area contributed by atoms with E-state index in [1.165, 1.54) is 6.33 Å². The standard InChI is InChI=1S/C16H16N4O/c1-3-13-14-15(18-11-17-13)20(16(19-14)21-4-2)10-12-8-6-5-7-9-12/h3,5-9,11H,1,4,10H2,2H3. The van der Waals surface area contributed by atoms with Crippen molar-refractivity contribution in [3.05, 3.63) is 54.5 Å². The minimum absolute atomic E-state index is 0.551. The largest absolute Gasteiger partial charge is 0.465 e. The molecule has 5 heteroatoms. The Morgan fingerprint density at radius 3 is 2.76 bits per heavy atom. The summed E-state index contributed by atoms with van der Waals surface area (Å²) in [5.74, 6) is 0. The average Bonchev–Trinajstić information content (AvgIpc) is 2.87. The first kappa shape index (κ1) is 13.3. The lowest BCUT2D eigenvalue weighted by Crippen LogP contribution is -2.05. The van der Waals surface area contributed by atoms with Crippen molar-refractivity contribution >= 4 is 17.2 Å². The predicted octanol–water partition coefficient (Wildman–Crippen LogP) is 2.92. The van der Waals surface area contributed by atoms with Gasteiger partial charge in [-0.15, -0.1) is 0 Å². The molecule has 2 heterocycles. The molecular formula is C16H16N4O. The fraction of sp³-hybridized carbons (Fsp3) is 0.188. The quantitative estimate of drug-likeness (QED) is 0.721. The number of imidazole rings is 1. The fourth-order valence-electron chi connectivity index (χ4n) is 2.23. The number of rotatable bonds is 5. The SMILES string of the molecule is C=Cc1ncnc2c1nc(OCC)n2Cc1ccccc1. The van der Waals surface area contributed by atoms with E-state index in [1.54, 1.807) is 6.08 Å². The van der Waals surface area contributed by atoms with Crippen LogP contribution in [0, 0.1) is 0 Å². The van der Waals surface area contributed by atoms with Gasteiger partial charge in [0.2, 0.25) is 0 Å². The minimum atomic E-state index is 0.551. The Bertz CT molecular complexity index is 765. The van der Waals surface area contributed by atoms with Crippen molar-refractivity contribution in [2.75, 3.05) is 6.61 Å². The van der Waals surface area contributed by atoms with E-state index in [0.29, 0.717) is 30.4 Å². The highest BCUT2D eigenvalue weighted by Crippen LogP contribution is 2.23. The van der Waals surface area contributed by atoms with E-state index >= 15 is 0 Å². The highest BCUT2D eigenvalue weighted by atomic mass is 16.5. The van der Waals surface area contributed by atoms with Crippen LogP contribution in [-0.4, -0.2) is 26.1 Å². The number of hydrogen-bond acceptors (Lipinski definition) is 4. The van der Waals surface area contributed by atoms with Gasteiger partial charge in [-0.2, -0.15) is 4.98 Å². The molecule has 0 spiro atoms. The molecule has 106 valence electrons. The zero-order chi connectivity index (χ0) is 14.7. The van der Waals surface area contributed by atoms with Crippen LogP contribution in [0.15, 0.2) is 43.2 Å². The molecular weight excluding hydrogens is 264 g/mol. The maximum absolute atomic E-state index is 5.64. The van der Waals surface area contributed by atoms with E-state index in [2.05, 4.69) is 33.7 Å². The number of ether oxygens (including phenoxy) is 1. The third kappa shape index (κ3) is 2.50. The second-order valence-electron chi connectivity index (χ2n) is 4.53. The number of fused-ring (bicyclic) bond motifs is 1. The highest BCUT2D eigenvalue weighted by molar-refractivity contribution is 5.80. The van der Waals surface area contributed by atoms with Crippen molar-refractivity contribution in [3.63, 3.8) is 0 Å². The Morgan fingerprint density at radius 1 is 1.24 bits per heavy atom. The fourth-order valence-corrected chi connectivity index (χ4v) is 2.23. The summed E-state index contributed by atoms with van der Waals surface area (Å²) < 4.78 is 7.60. The number of benzene rings is 1. The Balaban J connectivity index is 2.14. The van der Waals surface area contributed by atoms with Crippen molar-refractivity contribution in [2.24, 2.45) is 0 Å². The van der Waals surface area contributed by atoms with Crippen LogP contribution in [0.4, 0.5) is 0 Å². The van der Waals surface area contributed by atoms with E-state index in [4.69, 9.17) is 4.74 Å². The van der Waals surface area contributed by atoms with Crippen LogP contribution in [0.2, 0.25) is 0 Å². The second kappa shape index (κ2) is 5.75. The van der Waals surface area contributed by atoms with Gasteiger partial charge in [-0.05, 0) is 18.6 Å². The summed E-state index contributed by atoms with van der Waals surface area (Å²) in [4.78, 5) is 13.1. The molecule has 3 rings (SSSR count). The van der Waals surface area contributed by atoms with E-state index in [9.17, 15) is 0 Å². The number of nitrogens with zero attached hydrogens (tertiary/aromatic N) is 4. The van der Waals surface area contributed by atoms with Crippen LogP contribution < -0.4 is 4.74 Å². The molecule has 0 saturated heterocycles. The summed E-state index contributed by atoms with van der Waals surface area (Å²) in [6, 6.07) is 10.7. The van der Waals surface area contributed by atoms with Crippen LogP contribution in [0.1, 0.15) is 18.2 Å². The summed E-state index contributed by atoms with van der Waals surface area (Å²) in [6.07, 6.45) is 3.21. The van der Waals surface area contributed by atoms with Gasteiger partial charge in [-0.25, -0.2) is 9.97 Å². The summed E-state index contributed by atoms with van der Waals surface area (Å²) in [5, 5.41) is 0. The molecule has 3 aromatic rings. The molecule has 5 nitrogen and oxygen atoms in total. The average molecular weight is 280 g/mol. The van der Waals surface area contributed by atoms with Crippen LogP contribution in [0.25, 0.3) is 17.2 Å². The van der Waals surface area contributed by atoms with Gasteiger partial charge in [0.1, 0.15) is 11.8 Å². The van der Waals surface area contributed by atoms with Crippen LogP contribution >= 0.6 is 0 Å². The third-order valence-electron chi connectivity index (χ3n) is 3.18. The van der Waals surface area contributed by atoms with Gasteiger partial charge >= 0.3 is 0 Å². The van der Waals surface area contributed by atoms with Gasteiger partial charge in [-0.3, -0.25) is 4.57 Å². The Kier molecular flexibility index (Phi) is 3.64. The monoisotopic (exact) mass is 280 g/mol. The van der Waals surface area contributed by atoms with Crippen molar-refractivity contribution in [3.8, 4) is 6.01 Å². The lowest BCUT2D eigenvalue weighted by Gasteiger charge is -2.08. The first-order chi connectivity index (χ1) is 10.3. The molecule has 1 aromatic carbocycles. The van der Waals surface area contributed by atoms with Crippen LogP contribution in [-0.2, 0) is 6.54 Å². The molecule has 0 unspecified atom stereocenters. The lowest BCUT2D eigenvalue weighted by molar-refractivity contribution is 0.301. The van der Waals surface area contributed by atoms with E-state index in [0.717, 1.165) is 11.2 Å². The van der Waals surface area contributed by atoms with E-state index in [1.807, 2.05) is 29.7 Å².